The quantitative estimate of drug-likeness (QED) is 0.825. The lowest BCUT2D eigenvalue weighted by molar-refractivity contribution is -0.120. The van der Waals surface area contributed by atoms with Gasteiger partial charge in [0, 0.05) is 6.20 Å². The number of likely N-dealkylation sites (tertiary alicyclic amines) is 1. The van der Waals surface area contributed by atoms with Gasteiger partial charge in [0.1, 0.15) is 6.33 Å². The highest BCUT2D eigenvalue weighted by Crippen LogP contribution is 2.17. The molecule has 0 bridgehead atoms. The van der Waals surface area contributed by atoms with Crippen LogP contribution >= 0.6 is 0 Å². The monoisotopic (exact) mass is 310 g/mol. The Bertz CT molecular complexity index is 705. The van der Waals surface area contributed by atoms with E-state index < -0.39 is 0 Å². The summed E-state index contributed by atoms with van der Waals surface area (Å²) in [5.41, 5.74) is 0.881. The van der Waals surface area contributed by atoms with E-state index in [9.17, 15) is 4.79 Å². The largest absolute Gasteiger partial charge is 0.292 e. The van der Waals surface area contributed by atoms with Gasteiger partial charge < -0.3 is 0 Å². The molecule has 23 heavy (non-hydrogen) atoms. The van der Waals surface area contributed by atoms with Crippen molar-refractivity contribution in [3.05, 3.63) is 36.4 Å². The van der Waals surface area contributed by atoms with Crippen LogP contribution in [0.1, 0.15) is 18.5 Å². The lowest BCUT2D eigenvalue weighted by Gasteiger charge is -2.20. The number of nitrogens with one attached hydrogen (secondary N) is 1. The average Bonchev–Trinajstić information content (AvgIpc) is 3.18. The molecule has 1 atom stereocenters. The Kier molecular flexibility index (Phi) is 4.64. The van der Waals surface area contributed by atoms with Crippen molar-refractivity contribution in [3.63, 3.8) is 0 Å². The highest BCUT2D eigenvalue weighted by molar-refractivity contribution is 5.93. The van der Waals surface area contributed by atoms with Gasteiger partial charge in [0.2, 0.25) is 11.9 Å². The van der Waals surface area contributed by atoms with Crippen LogP contribution in [-0.2, 0) is 11.3 Å². The molecule has 1 aliphatic rings. The first-order valence-electron chi connectivity index (χ1n) is 7.54. The maximum Gasteiger partial charge on any atom is 0.248 e. The minimum Gasteiger partial charge on any atom is -0.292 e. The fourth-order valence-electron chi connectivity index (χ4n) is 2.71. The first-order chi connectivity index (χ1) is 11.3. The van der Waals surface area contributed by atoms with Crippen molar-refractivity contribution in [2.45, 2.75) is 25.4 Å². The van der Waals surface area contributed by atoms with Gasteiger partial charge in [0.05, 0.1) is 24.8 Å². The van der Waals surface area contributed by atoms with E-state index in [1.807, 2.05) is 23.1 Å². The normalized spacial score (nSPS) is 17.8. The third-order valence-corrected chi connectivity index (χ3v) is 3.78. The van der Waals surface area contributed by atoms with Gasteiger partial charge in [-0.05, 0) is 31.5 Å². The third kappa shape index (κ3) is 3.73. The molecule has 0 unspecified atom stereocenters. The molecule has 3 heterocycles. The van der Waals surface area contributed by atoms with E-state index in [1.54, 1.807) is 17.2 Å². The number of anilines is 1. The SMILES string of the molecule is C#CCN1CCC[C@H]1C(=O)Nc1ncn(Cc2ccccn2)n1. The van der Waals surface area contributed by atoms with E-state index in [0.29, 0.717) is 19.0 Å². The van der Waals surface area contributed by atoms with E-state index in [4.69, 9.17) is 6.42 Å². The van der Waals surface area contributed by atoms with Crippen LogP contribution in [0.25, 0.3) is 0 Å². The topological polar surface area (TPSA) is 75.9 Å². The number of hydrogen-bond acceptors (Lipinski definition) is 5. The molecular weight excluding hydrogens is 292 g/mol. The minimum absolute atomic E-state index is 0.103. The molecule has 2 aromatic heterocycles. The van der Waals surface area contributed by atoms with Crippen LogP contribution in [0.15, 0.2) is 30.7 Å². The van der Waals surface area contributed by atoms with Crippen molar-refractivity contribution in [2.75, 3.05) is 18.4 Å². The van der Waals surface area contributed by atoms with E-state index in [0.717, 1.165) is 25.1 Å². The lowest BCUT2D eigenvalue weighted by atomic mass is 10.2. The van der Waals surface area contributed by atoms with Crippen LogP contribution in [-0.4, -0.2) is 49.7 Å². The zero-order chi connectivity index (χ0) is 16.1. The zero-order valence-corrected chi connectivity index (χ0v) is 12.7. The molecule has 0 aromatic carbocycles. The van der Waals surface area contributed by atoms with Gasteiger partial charge in [-0.2, -0.15) is 0 Å². The summed E-state index contributed by atoms with van der Waals surface area (Å²) in [5.74, 6) is 2.79. The van der Waals surface area contributed by atoms with Crippen LogP contribution in [0.2, 0.25) is 0 Å². The number of aromatic nitrogens is 4. The van der Waals surface area contributed by atoms with Crippen LogP contribution in [0.5, 0.6) is 0 Å². The Morgan fingerprint density at radius 3 is 3.13 bits per heavy atom. The summed E-state index contributed by atoms with van der Waals surface area (Å²) in [7, 11) is 0. The molecule has 118 valence electrons. The average molecular weight is 310 g/mol. The maximum absolute atomic E-state index is 12.3. The summed E-state index contributed by atoms with van der Waals surface area (Å²) in [6.45, 7) is 1.85. The standard InChI is InChI=1S/C16H18N6O/c1-2-9-21-10-5-7-14(21)15(23)19-16-18-12-22(20-16)11-13-6-3-4-8-17-13/h1,3-4,6,8,12,14H,5,7,9-11H2,(H,19,20,23)/t14-/m0/s1. The van der Waals surface area contributed by atoms with E-state index in [-0.39, 0.29) is 11.9 Å². The third-order valence-electron chi connectivity index (χ3n) is 3.78. The number of carbonyl (C=O) groups is 1. The van der Waals surface area contributed by atoms with Crippen molar-refractivity contribution >= 4 is 11.9 Å². The second kappa shape index (κ2) is 7.03. The molecule has 0 aliphatic carbocycles. The van der Waals surface area contributed by atoms with Crippen molar-refractivity contribution in [3.8, 4) is 12.3 Å². The molecule has 2 aromatic rings. The Hall–Kier alpha value is -2.72. The number of carbonyl (C=O) groups excluding carboxylic acids is 1. The van der Waals surface area contributed by atoms with Gasteiger partial charge in [-0.3, -0.25) is 20.0 Å². The zero-order valence-electron chi connectivity index (χ0n) is 12.7. The fraction of sp³-hybridized carbons (Fsp3) is 0.375. The van der Waals surface area contributed by atoms with Crippen LogP contribution < -0.4 is 5.32 Å². The van der Waals surface area contributed by atoms with Crippen LogP contribution in [0.4, 0.5) is 5.95 Å². The molecule has 1 aliphatic heterocycles. The molecule has 0 saturated carbocycles. The molecule has 1 saturated heterocycles. The Balaban J connectivity index is 1.60. The molecule has 0 radical (unpaired) electrons. The maximum atomic E-state index is 12.3. The van der Waals surface area contributed by atoms with Gasteiger partial charge in [0.15, 0.2) is 0 Å². The van der Waals surface area contributed by atoms with Crippen molar-refractivity contribution in [2.24, 2.45) is 0 Å². The number of terminal acetylenes is 1. The molecular formula is C16H18N6O. The minimum atomic E-state index is -0.200. The number of rotatable bonds is 5. The second-order valence-corrected chi connectivity index (χ2v) is 5.41. The smallest absolute Gasteiger partial charge is 0.248 e. The summed E-state index contributed by atoms with van der Waals surface area (Å²) < 4.78 is 1.64. The molecule has 3 rings (SSSR count). The summed E-state index contributed by atoms with van der Waals surface area (Å²) in [6, 6.07) is 5.49. The van der Waals surface area contributed by atoms with Gasteiger partial charge in [0.25, 0.3) is 0 Å². The Morgan fingerprint density at radius 2 is 2.35 bits per heavy atom. The van der Waals surface area contributed by atoms with E-state index >= 15 is 0 Å². The first kappa shape index (κ1) is 15.2. The van der Waals surface area contributed by atoms with Crippen LogP contribution in [0.3, 0.4) is 0 Å². The van der Waals surface area contributed by atoms with Gasteiger partial charge >= 0.3 is 0 Å². The molecule has 0 spiro atoms. The molecule has 7 nitrogen and oxygen atoms in total. The highest BCUT2D eigenvalue weighted by Gasteiger charge is 2.30. The van der Waals surface area contributed by atoms with Gasteiger partial charge in [-0.1, -0.05) is 12.0 Å². The number of pyridine rings is 1. The summed E-state index contributed by atoms with van der Waals surface area (Å²) >= 11 is 0. The number of hydrogen-bond donors (Lipinski definition) is 1. The molecule has 1 amide bonds. The van der Waals surface area contributed by atoms with Crippen molar-refractivity contribution in [1.29, 1.82) is 0 Å². The highest BCUT2D eigenvalue weighted by atomic mass is 16.2. The summed E-state index contributed by atoms with van der Waals surface area (Å²) in [5, 5.41) is 7.03. The van der Waals surface area contributed by atoms with Gasteiger partial charge in [-0.15, -0.1) is 11.5 Å². The predicted molar refractivity (Wildman–Crippen MR) is 85.4 cm³/mol. The van der Waals surface area contributed by atoms with Crippen molar-refractivity contribution < 1.29 is 4.79 Å². The Morgan fingerprint density at radius 1 is 1.43 bits per heavy atom. The molecule has 1 fully saturated rings. The number of nitrogens with zero attached hydrogens (tertiary/aromatic N) is 5. The first-order valence-corrected chi connectivity index (χ1v) is 7.54. The van der Waals surface area contributed by atoms with E-state index in [1.165, 1.54) is 0 Å². The van der Waals surface area contributed by atoms with Gasteiger partial charge in [-0.25, -0.2) is 9.67 Å². The second-order valence-electron chi connectivity index (χ2n) is 5.41. The van der Waals surface area contributed by atoms with Crippen LogP contribution in [0, 0.1) is 12.3 Å². The molecule has 7 heteroatoms. The van der Waals surface area contributed by atoms with Crippen molar-refractivity contribution in [1.82, 2.24) is 24.6 Å². The van der Waals surface area contributed by atoms with E-state index in [2.05, 4.69) is 26.3 Å². The lowest BCUT2D eigenvalue weighted by Crippen LogP contribution is -2.40. The summed E-state index contributed by atoms with van der Waals surface area (Å²) in [4.78, 5) is 22.7. The number of amides is 1. The Labute approximate surface area is 134 Å². The predicted octanol–water partition coefficient (Wildman–Crippen LogP) is 0.757. The molecule has 1 N–H and O–H groups in total. The summed E-state index contributed by atoms with van der Waals surface area (Å²) in [6.07, 6.45) is 10.4. The fourth-order valence-corrected chi connectivity index (χ4v) is 2.71.